The lowest BCUT2D eigenvalue weighted by atomic mass is 10.3. The van der Waals surface area contributed by atoms with Crippen LogP contribution in [0.2, 0.25) is 0 Å². The van der Waals surface area contributed by atoms with Gasteiger partial charge in [0.05, 0.1) is 11.8 Å². The molecule has 0 amide bonds. The van der Waals surface area contributed by atoms with Crippen molar-refractivity contribution in [3.8, 4) is 17.5 Å². The SMILES string of the molecule is N#CCn1nc(-c2ccccn2)cc1N. The quantitative estimate of drug-likeness (QED) is 0.783. The molecule has 0 bridgehead atoms. The van der Waals surface area contributed by atoms with E-state index in [2.05, 4.69) is 10.1 Å². The number of rotatable bonds is 2. The van der Waals surface area contributed by atoms with Gasteiger partial charge in [-0.15, -0.1) is 0 Å². The maximum Gasteiger partial charge on any atom is 0.130 e. The van der Waals surface area contributed by atoms with Gasteiger partial charge < -0.3 is 5.73 Å². The molecular formula is C10H9N5. The molecule has 2 rings (SSSR count). The molecular weight excluding hydrogens is 190 g/mol. The van der Waals surface area contributed by atoms with Crippen molar-refractivity contribution in [3.05, 3.63) is 30.5 Å². The van der Waals surface area contributed by atoms with Gasteiger partial charge in [0.1, 0.15) is 18.1 Å². The van der Waals surface area contributed by atoms with E-state index in [1.54, 1.807) is 12.3 Å². The third kappa shape index (κ3) is 1.79. The van der Waals surface area contributed by atoms with Crippen LogP contribution in [0.25, 0.3) is 11.4 Å². The molecule has 0 saturated carbocycles. The predicted molar refractivity (Wildman–Crippen MR) is 55.5 cm³/mol. The van der Waals surface area contributed by atoms with E-state index in [9.17, 15) is 0 Å². The molecule has 2 heterocycles. The summed E-state index contributed by atoms with van der Waals surface area (Å²) in [6.45, 7) is 0.151. The molecule has 2 aromatic rings. The zero-order valence-corrected chi connectivity index (χ0v) is 7.96. The summed E-state index contributed by atoms with van der Waals surface area (Å²) in [6.07, 6.45) is 1.69. The van der Waals surface area contributed by atoms with Crippen LogP contribution >= 0.6 is 0 Å². The molecule has 5 nitrogen and oxygen atoms in total. The van der Waals surface area contributed by atoms with E-state index in [1.165, 1.54) is 4.68 Å². The number of nitrogens with zero attached hydrogens (tertiary/aromatic N) is 4. The second-order valence-corrected chi connectivity index (χ2v) is 2.99. The second kappa shape index (κ2) is 3.80. The standard InChI is InChI=1S/C10H9N5/c11-4-6-15-10(12)7-9(14-15)8-3-1-2-5-13-8/h1-3,5,7H,6,12H2. The van der Waals surface area contributed by atoms with Crippen LogP contribution in [0, 0.1) is 11.3 Å². The lowest BCUT2D eigenvalue weighted by molar-refractivity contribution is 0.722. The van der Waals surface area contributed by atoms with Crippen LogP contribution in [0.15, 0.2) is 30.5 Å². The third-order valence-corrected chi connectivity index (χ3v) is 1.96. The van der Waals surface area contributed by atoms with Gasteiger partial charge in [0.25, 0.3) is 0 Å². The van der Waals surface area contributed by atoms with E-state index in [0.717, 1.165) is 5.69 Å². The van der Waals surface area contributed by atoms with Crippen molar-refractivity contribution >= 4 is 5.82 Å². The Hall–Kier alpha value is -2.35. The van der Waals surface area contributed by atoms with Crippen molar-refractivity contribution in [2.45, 2.75) is 6.54 Å². The van der Waals surface area contributed by atoms with Crippen molar-refractivity contribution in [3.63, 3.8) is 0 Å². The van der Waals surface area contributed by atoms with Crippen LogP contribution in [0.4, 0.5) is 5.82 Å². The van der Waals surface area contributed by atoms with Crippen LogP contribution in [-0.2, 0) is 6.54 Å². The molecule has 74 valence electrons. The van der Waals surface area contributed by atoms with Gasteiger partial charge in [-0.2, -0.15) is 10.4 Å². The average Bonchev–Trinajstić information content (AvgIpc) is 2.63. The Labute approximate surface area is 86.8 Å². The van der Waals surface area contributed by atoms with Crippen LogP contribution in [0.3, 0.4) is 0 Å². The number of nitrogens with two attached hydrogens (primary N) is 1. The Kier molecular flexibility index (Phi) is 2.33. The highest BCUT2D eigenvalue weighted by Gasteiger charge is 2.06. The Morgan fingerprint density at radius 1 is 1.40 bits per heavy atom. The summed E-state index contributed by atoms with van der Waals surface area (Å²) in [4.78, 5) is 4.15. The molecule has 0 saturated heterocycles. The molecule has 2 N–H and O–H groups in total. The lowest BCUT2D eigenvalue weighted by Crippen LogP contribution is -2.02. The highest BCUT2D eigenvalue weighted by Crippen LogP contribution is 2.17. The van der Waals surface area contributed by atoms with Crippen molar-refractivity contribution in [2.24, 2.45) is 0 Å². The monoisotopic (exact) mass is 199 g/mol. The highest BCUT2D eigenvalue weighted by atomic mass is 15.3. The van der Waals surface area contributed by atoms with Gasteiger partial charge in [-0.3, -0.25) is 4.98 Å². The van der Waals surface area contributed by atoms with Gasteiger partial charge in [-0.05, 0) is 12.1 Å². The number of pyridine rings is 1. The first-order valence-electron chi connectivity index (χ1n) is 4.43. The average molecular weight is 199 g/mol. The summed E-state index contributed by atoms with van der Waals surface area (Å²) in [5, 5.41) is 12.7. The van der Waals surface area contributed by atoms with Crippen molar-refractivity contribution in [2.75, 3.05) is 5.73 Å². The number of anilines is 1. The Morgan fingerprint density at radius 2 is 2.27 bits per heavy atom. The van der Waals surface area contributed by atoms with E-state index in [4.69, 9.17) is 11.0 Å². The lowest BCUT2D eigenvalue weighted by Gasteiger charge is -1.94. The van der Waals surface area contributed by atoms with Crippen LogP contribution in [0.1, 0.15) is 0 Å². The minimum absolute atomic E-state index is 0.151. The van der Waals surface area contributed by atoms with Crippen molar-refractivity contribution < 1.29 is 0 Å². The topological polar surface area (TPSA) is 80.5 Å². The molecule has 2 aromatic heterocycles. The van der Waals surface area contributed by atoms with E-state index >= 15 is 0 Å². The highest BCUT2D eigenvalue weighted by molar-refractivity contribution is 5.57. The summed E-state index contributed by atoms with van der Waals surface area (Å²) in [5.41, 5.74) is 7.12. The van der Waals surface area contributed by atoms with Gasteiger partial charge in [-0.25, -0.2) is 4.68 Å². The predicted octanol–water partition coefficient (Wildman–Crippen LogP) is 1.05. The van der Waals surface area contributed by atoms with Gasteiger partial charge in [-0.1, -0.05) is 6.07 Å². The number of hydrogen-bond acceptors (Lipinski definition) is 4. The van der Waals surface area contributed by atoms with E-state index < -0.39 is 0 Å². The number of aromatic nitrogens is 3. The number of hydrogen-bond donors (Lipinski definition) is 1. The van der Waals surface area contributed by atoms with E-state index in [-0.39, 0.29) is 6.54 Å². The molecule has 0 radical (unpaired) electrons. The molecule has 0 aliphatic heterocycles. The maximum atomic E-state index is 8.54. The summed E-state index contributed by atoms with van der Waals surface area (Å²) < 4.78 is 1.45. The van der Waals surface area contributed by atoms with Crippen molar-refractivity contribution in [1.82, 2.24) is 14.8 Å². The first-order chi connectivity index (χ1) is 7.31. The number of nitriles is 1. The summed E-state index contributed by atoms with van der Waals surface area (Å²) >= 11 is 0. The van der Waals surface area contributed by atoms with Gasteiger partial charge in [0, 0.05) is 12.3 Å². The minimum Gasteiger partial charge on any atom is -0.384 e. The maximum absolute atomic E-state index is 8.54. The fraction of sp³-hybridized carbons (Fsp3) is 0.100. The Balaban J connectivity index is 2.40. The van der Waals surface area contributed by atoms with Gasteiger partial charge >= 0.3 is 0 Å². The van der Waals surface area contributed by atoms with Gasteiger partial charge in [0.15, 0.2) is 0 Å². The molecule has 0 aliphatic carbocycles. The summed E-state index contributed by atoms with van der Waals surface area (Å²) in [5.74, 6) is 0.470. The Morgan fingerprint density at radius 3 is 2.93 bits per heavy atom. The molecule has 0 spiro atoms. The van der Waals surface area contributed by atoms with Crippen LogP contribution < -0.4 is 5.73 Å². The minimum atomic E-state index is 0.151. The fourth-order valence-corrected chi connectivity index (χ4v) is 1.26. The van der Waals surface area contributed by atoms with E-state index in [0.29, 0.717) is 11.5 Å². The smallest absolute Gasteiger partial charge is 0.130 e. The largest absolute Gasteiger partial charge is 0.384 e. The third-order valence-electron chi connectivity index (χ3n) is 1.96. The molecule has 15 heavy (non-hydrogen) atoms. The second-order valence-electron chi connectivity index (χ2n) is 2.99. The molecule has 0 aromatic carbocycles. The zero-order valence-electron chi connectivity index (χ0n) is 7.96. The molecule has 0 atom stereocenters. The van der Waals surface area contributed by atoms with Crippen LogP contribution in [-0.4, -0.2) is 14.8 Å². The normalized spacial score (nSPS) is 9.80. The molecule has 5 heteroatoms. The summed E-state index contributed by atoms with van der Waals surface area (Å²) in [7, 11) is 0. The Bertz CT molecular complexity index is 494. The van der Waals surface area contributed by atoms with Gasteiger partial charge in [0.2, 0.25) is 0 Å². The van der Waals surface area contributed by atoms with Crippen molar-refractivity contribution in [1.29, 1.82) is 5.26 Å². The summed E-state index contributed by atoms with van der Waals surface area (Å²) in [6, 6.07) is 9.25. The molecule has 0 aliphatic rings. The fourth-order valence-electron chi connectivity index (χ4n) is 1.26. The first-order valence-corrected chi connectivity index (χ1v) is 4.43. The molecule has 0 fully saturated rings. The molecule has 0 unspecified atom stereocenters. The zero-order chi connectivity index (χ0) is 10.7. The van der Waals surface area contributed by atoms with E-state index in [1.807, 2.05) is 24.3 Å². The van der Waals surface area contributed by atoms with Crippen LogP contribution in [0.5, 0.6) is 0 Å². The number of nitrogen functional groups attached to an aromatic ring is 1. The first kappa shape index (κ1) is 9.21.